The Balaban J connectivity index is 1.93. The molecule has 0 N–H and O–H groups in total. The average molecular weight is 423 g/mol. The van der Waals surface area contributed by atoms with E-state index in [4.69, 9.17) is 22.9 Å². The first-order valence-electron chi connectivity index (χ1n) is 10.3. The van der Waals surface area contributed by atoms with Crippen LogP contribution in [0.4, 0.5) is 0 Å². The molecule has 2 rings (SSSR count). The molecule has 0 bridgehead atoms. The summed E-state index contributed by atoms with van der Waals surface area (Å²) in [4.78, 5) is 4.57. The van der Waals surface area contributed by atoms with E-state index in [1.54, 1.807) is 13.4 Å². The van der Waals surface area contributed by atoms with Gasteiger partial charge in [-0.15, -0.1) is 0 Å². The maximum absolute atomic E-state index is 6.19. The molecule has 164 valence electrons. The molecule has 1 aromatic rings. The number of hydrogen-bond donors (Lipinski definition) is 0. The molecule has 1 aliphatic heterocycles. The average Bonchev–Trinajstić information content (AvgIpc) is 3.11. The molecule has 0 unspecified atom stereocenters. The second-order valence-corrected chi connectivity index (χ2v) is 15.0. The Labute approximate surface area is 177 Å². The third-order valence-corrected chi connectivity index (χ3v) is 10.9. The van der Waals surface area contributed by atoms with E-state index in [9.17, 15) is 0 Å². The molecule has 2 heterocycles. The highest BCUT2D eigenvalue weighted by Crippen LogP contribution is 2.38. The van der Waals surface area contributed by atoms with E-state index in [-0.39, 0.29) is 29.5 Å². The Morgan fingerprint density at radius 2 is 1.76 bits per heavy atom. The second kappa shape index (κ2) is 8.67. The first-order chi connectivity index (χ1) is 13.2. The van der Waals surface area contributed by atoms with E-state index in [0.29, 0.717) is 18.9 Å². The van der Waals surface area contributed by atoms with E-state index >= 15 is 0 Å². The number of rotatable bonds is 8. The maximum Gasteiger partial charge on any atom is 0.486 e. The summed E-state index contributed by atoms with van der Waals surface area (Å²) in [5.74, 6) is 2.52. The first kappa shape index (κ1) is 24.3. The molecule has 8 heteroatoms. The standard InChI is InChI=1S/C21H38BNO5Si/c1-19(2,3)29(9,10)26-15-18-23-16(14-25-18)17(24-8)12-11-13-22-27-20(4,5)21(6,7)28-22/h11,13-14,17H,12,15H2,1-10H3/b13-11+/t17-/m0/s1. The smallest absolute Gasteiger partial charge is 0.446 e. The number of methoxy groups -OCH3 is 1. The number of ether oxygens (including phenoxy) is 1. The van der Waals surface area contributed by atoms with Gasteiger partial charge in [0.15, 0.2) is 8.32 Å². The summed E-state index contributed by atoms with van der Waals surface area (Å²) in [5, 5.41) is 0.149. The van der Waals surface area contributed by atoms with Gasteiger partial charge >= 0.3 is 7.12 Å². The molecule has 1 aliphatic rings. The lowest BCUT2D eigenvalue weighted by Gasteiger charge is -2.35. The molecule has 1 fully saturated rings. The van der Waals surface area contributed by atoms with Crippen LogP contribution in [-0.4, -0.2) is 38.7 Å². The highest BCUT2D eigenvalue weighted by atomic mass is 28.4. The minimum absolute atomic E-state index is 0.149. The van der Waals surface area contributed by atoms with E-state index < -0.39 is 8.32 Å². The monoisotopic (exact) mass is 423 g/mol. The largest absolute Gasteiger partial charge is 0.486 e. The molecule has 1 atom stereocenters. The second-order valence-electron chi connectivity index (χ2n) is 10.2. The number of nitrogens with zero attached hydrogens (tertiary/aromatic N) is 1. The lowest BCUT2D eigenvalue weighted by atomic mass is 9.89. The zero-order chi connectivity index (χ0) is 22.1. The van der Waals surface area contributed by atoms with Crippen molar-refractivity contribution in [2.75, 3.05) is 7.11 Å². The van der Waals surface area contributed by atoms with Crippen molar-refractivity contribution in [3.63, 3.8) is 0 Å². The van der Waals surface area contributed by atoms with E-state index in [1.807, 2.05) is 39.7 Å². The normalized spacial score (nSPS) is 20.6. The van der Waals surface area contributed by atoms with Crippen LogP contribution in [0.2, 0.25) is 18.1 Å². The van der Waals surface area contributed by atoms with Gasteiger partial charge in [-0.05, 0) is 52.2 Å². The van der Waals surface area contributed by atoms with Crippen LogP contribution in [0.5, 0.6) is 0 Å². The van der Waals surface area contributed by atoms with Gasteiger partial charge in [0.2, 0.25) is 5.89 Å². The molecule has 0 spiro atoms. The van der Waals surface area contributed by atoms with E-state index in [1.165, 1.54) is 0 Å². The predicted molar refractivity (Wildman–Crippen MR) is 118 cm³/mol. The zero-order valence-corrected chi connectivity index (χ0v) is 20.8. The third kappa shape index (κ3) is 5.82. The molecule has 0 aromatic carbocycles. The maximum atomic E-state index is 6.19. The summed E-state index contributed by atoms with van der Waals surface area (Å²) in [6.07, 6.45) is 4.12. The molecular formula is C21H38BNO5Si. The SMILES string of the molecule is CO[C@@H](C/C=C/B1OC(C)(C)C(C)(C)O1)c1coc(CO[Si](C)(C)C(C)(C)C)n1. The summed E-state index contributed by atoms with van der Waals surface area (Å²) >= 11 is 0. The van der Waals surface area contributed by atoms with Crippen molar-refractivity contribution in [1.29, 1.82) is 0 Å². The highest BCUT2D eigenvalue weighted by molar-refractivity contribution is 6.74. The number of aromatic nitrogens is 1. The van der Waals surface area contributed by atoms with Crippen molar-refractivity contribution in [1.82, 2.24) is 4.98 Å². The van der Waals surface area contributed by atoms with Crippen molar-refractivity contribution < 1.29 is 22.9 Å². The molecule has 6 nitrogen and oxygen atoms in total. The fraction of sp³-hybridized carbons (Fsp3) is 0.762. The van der Waals surface area contributed by atoms with Gasteiger partial charge in [0, 0.05) is 7.11 Å². The molecule has 1 saturated heterocycles. The van der Waals surface area contributed by atoms with Crippen LogP contribution >= 0.6 is 0 Å². The zero-order valence-electron chi connectivity index (χ0n) is 19.8. The first-order valence-corrected chi connectivity index (χ1v) is 13.2. The van der Waals surface area contributed by atoms with Crippen LogP contribution in [0.25, 0.3) is 0 Å². The van der Waals surface area contributed by atoms with Crippen molar-refractivity contribution in [3.05, 3.63) is 29.9 Å². The van der Waals surface area contributed by atoms with Gasteiger partial charge in [0.1, 0.15) is 24.7 Å². The van der Waals surface area contributed by atoms with Crippen LogP contribution in [0.15, 0.2) is 22.7 Å². The molecular weight excluding hydrogens is 385 g/mol. The molecule has 0 aliphatic carbocycles. The molecule has 0 saturated carbocycles. The van der Waals surface area contributed by atoms with Crippen molar-refractivity contribution in [3.8, 4) is 0 Å². The summed E-state index contributed by atoms with van der Waals surface area (Å²) < 4.78 is 29.4. The van der Waals surface area contributed by atoms with Gasteiger partial charge in [-0.3, -0.25) is 0 Å². The minimum atomic E-state index is -1.84. The van der Waals surface area contributed by atoms with Crippen molar-refractivity contribution in [2.45, 2.75) is 96.9 Å². The van der Waals surface area contributed by atoms with Gasteiger partial charge in [-0.2, -0.15) is 0 Å². The van der Waals surface area contributed by atoms with Crippen molar-refractivity contribution in [2.24, 2.45) is 0 Å². The van der Waals surface area contributed by atoms with Crippen LogP contribution in [-0.2, 0) is 25.1 Å². The Morgan fingerprint density at radius 1 is 1.17 bits per heavy atom. The quantitative estimate of drug-likeness (QED) is 0.517. The van der Waals surface area contributed by atoms with Gasteiger partial charge in [-0.1, -0.05) is 32.8 Å². The summed E-state index contributed by atoms with van der Waals surface area (Å²) in [5.41, 5.74) is 0.0849. The summed E-state index contributed by atoms with van der Waals surface area (Å²) in [7, 11) is -0.528. The van der Waals surface area contributed by atoms with Crippen LogP contribution in [0, 0.1) is 0 Å². The number of hydrogen-bond acceptors (Lipinski definition) is 6. The Bertz CT molecular complexity index is 692. The molecule has 0 amide bonds. The van der Waals surface area contributed by atoms with Gasteiger partial charge in [0.25, 0.3) is 0 Å². The Morgan fingerprint density at radius 3 is 2.28 bits per heavy atom. The summed E-state index contributed by atoms with van der Waals surface area (Å²) in [6.45, 7) is 19.6. The predicted octanol–water partition coefficient (Wildman–Crippen LogP) is 5.46. The Kier molecular flexibility index (Phi) is 7.28. The summed E-state index contributed by atoms with van der Waals surface area (Å²) in [6, 6.07) is 0. The van der Waals surface area contributed by atoms with E-state index in [0.717, 1.165) is 5.69 Å². The highest BCUT2D eigenvalue weighted by Gasteiger charge is 2.50. The van der Waals surface area contributed by atoms with Crippen LogP contribution in [0.1, 0.15) is 72.6 Å². The minimum Gasteiger partial charge on any atom is -0.446 e. The van der Waals surface area contributed by atoms with Gasteiger partial charge in [-0.25, -0.2) is 4.98 Å². The molecule has 0 radical (unpaired) electrons. The lowest BCUT2D eigenvalue weighted by molar-refractivity contribution is 0.00578. The third-order valence-electron chi connectivity index (χ3n) is 6.46. The fourth-order valence-electron chi connectivity index (χ4n) is 2.62. The fourth-order valence-corrected chi connectivity index (χ4v) is 3.53. The van der Waals surface area contributed by atoms with Crippen LogP contribution < -0.4 is 0 Å². The Hall–Kier alpha value is -0.928. The van der Waals surface area contributed by atoms with E-state index in [2.05, 4.69) is 38.8 Å². The van der Waals surface area contributed by atoms with Gasteiger partial charge < -0.3 is 22.9 Å². The number of oxazole rings is 1. The molecule has 1 aromatic heterocycles. The van der Waals surface area contributed by atoms with Crippen molar-refractivity contribution >= 4 is 15.4 Å². The molecule has 29 heavy (non-hydrogen) atoms. The lowest BCUT2D eigenvalue weighted by Crippen LogP contribution is -2.41. The van der Waals surface area contributed by atoms with Gasteiger partial charge in [0.05, 0.1) is 11.2 Å². The van der Waals surface area contributed by atoms with Crippen LogP contribution in [0.3, 0.4) is 0 Å². The topological polar surface area (TPSA) is 63.0 Å².